The molecule has 2 aliphatic carbocycles. The fourth-order valence-corrected chi connectivity index (χ4v) is 5.14. The number of benzene rings is 4. The second kappa shape index (κ2) is 18.2. The van der Waals surface area contributed by atoms with E-state index in [2.05, 4.69) is 172 Å². The van der Waals surface area contributed by atoms with Gasteiger partial charge in [0.25, 0.3) is 0 Å². The first-order valence-corrected chi connectivity index (χ1v) is 18.8. The van der Waals surface area contributed by atoms with E-state index in [4.69, 9.17) is 0 Å². The molecule has 4 aromatic rings. The van der Waals surface area contributed by atoms with Gasteiger partial charge >= 0.3 is 28.4 Å². The van der Waals surface area contributed by atoms with Crippen molar-refractivity contribution in [3.05, 3.63) is 155 Å². The normalized spacial score (nSPS) is 12.8. The summed E-state index contributed by atoms with van der Waals surface area (Å²) in [4.78, 5) is 0. The van der Waals surface area contributed by atoms with Crippen molar-refractivity contribution in [3.8, 4) is 11.1 Å². The van der Waals surface area contributed by atoms with Crippen molar-refractivity contribution in [3.63, 3.8) is 0 Å². The first-order chi connectivity index (χ1) is 22.4. The first kappa shape index (κ1) is 41.3. The Hall–Kier alpha value is -2.89. The summed E-state index contributed by atoms with van der Waals surface area (Å²) in [5.74, 6) is 0. The maximum atomic E-state index is 3.67. The Morgan fingerprint density at radius 2 is 1.04 bits per heavy atom. The summed E-state index contributed by atoms with van der Waals surface area (Å²) in [5, 5.41) is 0. The van der Waals surface area contributed by atoms with Crippen LogP contribution >= 0.6 is 0 Å². The van der Waals surface area contributed by atoms with Crippen LogP contribution in [-0.2, 0) is 52.3 Å². The molecule has 254 valence electrons. The van der Waals surface area contributed by atoms with Gasteiger partial charge < -0.3 is 0 Å². The predicted octanol–water partition coefficient (Wildman–Crippen LogP) is 12.5. The van der Waals surface area contributed by atoms with Gasteiger partial charge in [-0.15, -0.1) is 17.5 Å². The van der Waals surface area contributed by atoms with E-state index in [-0.39, 0.29) is 21.7 Å². The molecule has 0 N–H and O–H groups in total. The van der Waals surface area contributed by atoms with E-state index in [0.29, 0.717) is 0 Å². The zero-order valence-electron chi connectivity index (χ0n) is 31.9. The molecule has 0 saturated carbocycles. The van der Waals surface area contributed by atoms with Crippen LogP contribution in [0, 0.1) is 24.3 Å². The number of fused-ring (bicyclic) bond motifs is 3. The summed E-state index contributed by atoms with van der Waals surface area (Å²) in [6.07, 6.45) is 11.0. The monoisotopic (exact) mass is 712 g/mol. The van der Waals surface area contributed by atoms with Crippen molar-refractivity contribution >= 4 is 4.21 Å². The van der Waals surface area contributed by atoms with Crippen molar-refractivity contribution in [2.24, 2.45) is 0 Å². The third kappa shape index (κ3) is 13.2. The van der Waals surface area contributed by atoms with Crippen LogP contribution in [0.1, 0.15) is 123 Å². The van der Waals surface area contributed by atoms with Gasteiger partial charge in [0.1, 0.15) is 0 Å². The quantitative estimate of drug-likeness (QED) is 0.140. The average Bonchev–Trinajstić information content (AvgIpc) is 3.73. The van der Waals surface area contributed by atoms with Crippen LogP contribution in [0.4, 0.5) is 0 Å². The van der Waals surface area contributed by atoms with Crippen molar-refractivity contribution < 1.29 is 24.2 Å². The van der Waals surface area contributed by atoms with Crippen LogP contribution in [0.3, 0.4) is 0 Å². The van der Waals surface area contributed by atoms with E-state index in [0.717, 1.165) is 12.8 Å². The van der Waals surface area contributed by atoms with Crippen molar-refractivity contribution in [1.82, 2.24) is 0 Å². The molecule has 0 aliphatic heterocycles. The van der Waals surface area contributed by atoms with Crippen molar-refractivity contribution in [2.75, 3.05) is 0 Å². The van der Waals surface area contributed by atoms with Crippen LogP contribution < -0.4 is 0 Å². The number of allylic oxidation sites excluding steroid dienone is 4. The van der Waals surface area contributed by atoms with Gasteiger partial charge in [-0.1, -0.05) is 107 Å². The van der Waals surface area contributed by atoms with Gasteiger partial charge in [0.2, 0.25) is 0 Å². The molecule has 0 aromatic heterocycles. The molecule has 0 amide bonds. The van der Waals surface area contributed by atoms with Gasteiger partial charge in [0, 0.05) is 0 Å². The van der Waals surface area contributed by atoms with E-state index in [1.54, 1.807) is 0 Å². The van der Waals surface area contributed by atoms with Gasteiger partial charge in [0.15, 0.2) is 0 Å². The Kier molecular flexibility index (Phi) is 15.7. The van der Waals surface area contributed by atoms with Crippen molar-refractivity contribution in [2.45, 2.75) is 118 Å². The molecule has 0 saturated heterocycles. The summed E-state index contributed by atoms with van der Waals surface area (Å²) in [6.45, 7) is 26.9. The van der Waals surface area contributed by atoms with Gasteiger partial charge in [0.05, 0.1) is 0 Å². The van der Waals surface area contributed by atoms with Crippen LogP contribution in [0.25, 0.3) is 11.1 Å². The summed E-state index contributed by atoms with van der Waals surface area (Å²) >= 11 is 1.30. The fraction of sp³-hybridized carbons (Fsp3) is 0.383. The second-order valence-corrected chi connectivity index (χ2v) is 16.4. The number of rotatable bonds is 0. The van der Waals surface area contributed by atoms with E-state index in [9.17, 15) is 0 Å². The average molecular weight is 714 g/mol. The minimum atomic E-state index is 0.167. The third-order valence-electron chi connectivity index (χ3n) is 8.22. The van der Waals surface area contributed by atoms with E-state index in [1.807, 2.05) is 36.4 Å². The Morgan fingerprint density at radius 1 is 0.562 bits per heavy atom. The van der Waals surface area contributed by atoms with Crippen LogP contribution in [0.5, 0.6) is 0 Å². The van der Waals surface area contributed by atoms with E-state index >= 15 is 0 Å². The molecule has 2 aliphatic rings. The van der Waals surface area contributed by atoms with Gasteiger partial charge in [-0.2, -0.15) is 102 Å². The summed E-state index contributed by atoms with van der Waals surface area (Å²) in [5.41, 5.74) is 12.0. The number of hydrogen-bond donors (Lipinski definition) is 0. The third-order valence-corrected chi connectivity index (χ3v) is 8.22. The molecule has 0 bridgehead atoms. The first-order valence-electron chi connectivity index (χ1n) is 17.1. The minimum absolute atomic E-state index is 0.167. The van der Waals surface area contributed by atoms with Gasteiger partial charge in [-0.3, -0.25) is 6.08 Å². The molecular formula is C47H58Zr-4. The predicted molar refractivity (Wildman–Crippen MR) is 208 cm³/mol. The van der Waals surface area contributed by atoms with Gasteiger partial charge in [-0.25, -0.2) is 12.2 Å². The molecule has 0 spiro atoms. The van der Waals surface area contributed by atoms with E-state index < -0.39 is 0 Å². The van der Waals surface area contributed by atoms with Crippen LogP contribution in [-0.4, -0.2) is 4.21 Å². The molecule has 0 radical (unpaired) electrons. The molecule has 4 aromatic carbocycles. The van der Waals surface area contributed by atoms with E-state index in [1.165, 1.54) is 68.7 Å². The second-order valence-electron chi connectivity index (χ2n) is 16.4. The Bertz CT molecular complexity index is 1470. The standard InChI is InChI=1S/C21H25.2C10H13.C5H5.CH2.Zr/c1-20(2,3)16-7-9-18-14(12-16)11-15-13-17(21(4,5)6)8-10-19(15)18;2*1-10(2,3)9-7-5-4-6-8-9;1-2-4-5-3-1;;/h7-10,12H,11H2,1-6H3;2*5-8H,1-3H3;1-3H,4H2;1H2;/q4*-1;;. The van der Waals surface area contributed by atoms with Gasteiger partial charge in [-0.05, 0) is 39.2 Å². The zero-order chi connectivity index (χ0) is 36.2. The Morgan fingerprint density at radius 3 is 1.40 bits per heavy atom. The fourth-order valence-electron chi connectivity index (χ4n) is 5.14. The number of hydrogen-bond acceptors (Lipinski definition) is 0. The molecule has 0 fully saturated rings. The zero-order valence-corrected chi connectivity index (χ0v) is 34.3. The molecule has 0 atom stereocenters. The van der Waals surface area contributed by atoms with Crippen LogP contribution in [0.2, 0.25) is 0 Å². The van der Waals surface area contributed by atoms with Crippen LogP contribution in [0.15, 0.2) is 97.1 Å². The molecule has 6 rings (SSSR count). The molecule has 48 heavy (non-hydrogen) atoms. The SMILES string of the molecule is CC(C)(C)c1[c-]c2c(cc1)-c1ccc(C(C)(C)C)cc1C2.CC(C)(C)c1cc[c-]cc1.CC(C)(C)c1cc[c-]cc1.[C-]1=CC=CC1.[CH2]=[Zr]. The maximum absolute atomic E-state index is 3.67. The summed E-state index contributed by atoms with van der Waals surface area (Å²) in [7, 11) is 0. The molecule has 0 unspecified atom stereocenters. The molecule has 0 nitrogen and oxygen atoms in total. The molecule has 0 heterocycles. The van der Waals surface area contributed by atoms with Crippen molar-refractivity contribution in [1.29, 1.82) is 0 Å². The molecule has 1 heteroatoms. The Balaban J connectivity index is 0.000000248. The summed E-state index contributed by atoms with van der Waals surface area (Å²) < 4.78 is 3.34. The summed E-state index contributed by atoms with van der Waals surface area (Å²) in [6, 6.07) is 37.5. The topological polar surface area (TPSA) is 0 Å². The Labute approximate surface area is 310 Å². The molecular weight excluding hydrogens is 656 g/mol.